The Labute approximate surface area is 74.2 Å². The van der Waals surface area contributed by atoms with Gasteiger partial charge in [-0.2, -0.15) is 0 Å². The summed E-state index contributed by atoms with van der Waals surface area (Å²) in [5.41, 5.74) is 1.79. The highest BCUT2D eigenvalue weighted by Gasteiger charge is 2.27. The minimum absolute atomic E-state index is 0.406. The molecule has 1 heterocycles. The molecule has 0 aromatic heterocycles. The Morgan fingerprint density at radius 1 is 1.58 bits per heavy atom. The van der Waals surface area contributed by atoms with Gasteiger partial charge in [0, 0.05) is 24.4 Å². The molecule has 0 aromatic rings. The summed E-state index contributed by atoms with van der Waals surface area (Å²) in [4.78, 5) is 2.02. The highest BCUT2D eigenvalue weighted by molar-refractivity contribution is 5.21. The first-order valence-electron chi connectivity index (χ1n) is 4.34. The second kappa shape index (κ2) is 3.31. The van der Waals surface area contributed by atoms with Crippen LogP contribution in [0.3, 0.4) is 0 Å². The first-order valence-corrected chi connectivity index (χ1v) is 4.34. The van der Waals surface area contributed by atoms with Crippen molar-refractivity contribution in [3.8, 4) is 0 Å². The number of rotatable bonds is 2. The fourth-order valence-electron chi connectivity index (χ4n) is 1.45. The van der Waals surface area contributed by atoms with Crippen LogP contribution in [0.2, 0.25) is 0 Å². The van der Waals surface area contributed by atoms with Crippen molar-refractivity contribution in [1.29, 1.82) is 0 Å². The lowest BCUT2D eigenvalue weighted by Gasteiger charge is -2.22. The number of aliphatic hydroxyl groups excluding tert-OH is 1. The number of nitrogens with zero attached hydrogens (tertiary/aromatic N) is 1. The van der Waals surface area contributed by atoms with Crippen LogP contribution < -0.4 is 0 Å². The van der Waals surface area contributed by atoms with Crippen LogP contribution in [0.15, 0.2) is 24.6 Å². The molecule has 2 heteroatoms. The number of aliphatic hydroxyl groups is 1. The maximum atomic E-state index is 9.45. The van der Waals surface area contributed by atoms with Crippen molar-refractivity contribution >= 4 is 0 Å². The molecule has 68 valence electrons. The lowest BCUT2D eigenvalue weighted by atomic mass is 10.2. The van der Waals surface area contributed by atoms with Gasteiger partial charge in [-0.3, -0.25) is 0 Å². The smallest absolute Gasteiger partial charge is 0.0987 e. The lowest BCUT2D eigenvalue weighted by molar-refractivity contribution is 0.212. The van der Waals surface area contributed by atoms with Gasteiger partial charge in [0.1, 0.15) is 0 Å². The van der Waals surface area contributed by atoms with Crippen molar-refractivity contribution in [1.82, 2.24) is 4.90 Å². The van der Waals surface area contributed by atoms with Crippen LogP contribution in [-0.2, 0) is 0 Å². The molecule has 12 heavy (non-hydrogen) atoms. The van der Waals surface area contributed by atoms with Crippen molar-refractivity contribution in [2.24, 2.45) is 5.92 Å². The first-order chi connectivity index (χ1) is 5.52. The second-order valence-corrected chi connectivity index (χ2v) is 3.78. The molecule has 1 rings (SSSR count). The van der Waals surface area contributed by atoms with Gasteiger partial charge in [-0.25, -0.2) is 0 Å². The molecular formula is C10H17NO. The third kappa shape index (κ3) is 1.69. The Bertz CT molecular complexity index is 208. The van der Waals surface area contributed by atoms with E-state index in [2.05, 4.69) is 27.0 Å². The fourth-order valence-corrected chi connectivity index (χ4v) is 1.45. The molecule has 0 spiro atoms. The van der Waals surface area contributed by atoms with Gasteiger partial charge in [-0.1, -0.05) is 27.0 Å². The standard InChI is InChI=1S/C10H17NO/c1-7(2)6-11-8(3)5-10(12)9(11)4/h7,10,12H,3-6H2,1-2H3. The Hall–Kier alpha value is -0.760. The SMILES string of the molecule is C=C1CC(O)C(=C)N1CC(C)C. The minimum atomic E-state index is -0.406. The molecule has 1 N–H and O–H groups in total. The summed E-state index contributed by atoms with van der Waals surface area (Å²) in [5, 5.41) is 9.45. The largest absolute Gasteiger partial charge is 0.387 e. The number of hydrogen-bond acceptors (Lipinski definition) is 2. The van der Waals surface area contributed by atoms with Crippen molar-refractivity contribution in [3.05, 3.63) is 24.6 Å². The second-order valence-electron chi connectivity index (χ2n) is 3.78. The summed E-state index contributed by atoms with van der Waals surface area (Å²) < 4.78 is 0. The first kappa shape index (κ1) is 9.33. The molecule has 0 amide bonds. The van der Waals surface area contributed by atoms with E-state index in [1.54, 1.807) is 0 Å². The van der Waals surface area contributed by atoms with E-state index < -0.39 is 6.10 Å². The van der Waals surface area contributed by atoms with E-state index in [1.807, 2.05) is 4.90 Å². The van der Waals surface area contributed by atoms with Crippen molar-refractivity contribution in [2.45, 2.75) is 26.4 Å². The summed E-state index contributed by atoms with van der Waals surface area (Å²) in [6.45, 7) is 12.9. The average Bonchev–Trinajstić information content (AvgIpc) is 2.16. The molecule has 0 radical (unpaired) electrons. The van der Waals surface area contributed by atoms with E-state index in [4.69, 9.17) is 0 Å². The van der Waals surface area contributed by atoms with E-state index in [0.717, 1.165) is 17.9 Å². The van der Waals surface area contributed by atoms with E-state index in [9.17, 15) is 5.11 Å². The van der Waals surface area contributed by atoms with Gasteiger partial charge in [-0.15, -0.1) is 0 Å². The Balaban J connectivity index is 2.64. The zero-order valence-corrected chi connectivity index (χ0v) is 7.88. The molecule has 0 bridgehead atoms. The molecule has 0 aromatic carbocycles. The molecule has 1 atom stereocenters. The molecule has 2 nitrogen and oxygen atoms in total. The van der Waals surface area contributed by atoms with E-state index in [1.165, 1.54) is 0 Å². The van der Waals surface area contributed by atoms with Crippen LogP contribution in [-0.4, -0.2) is 22.7 Å². The zero-order valence-electron chi connectivity index (χ0n) is 7.88. The summed E-state index contributed by atoms with van der Waals surface area (Å²) in [7, 11) is 0. The summed E-state index contributed by atoms with van der Waals surface area (Å²) in [6.07, 6.45) is 0.238. The summed E-state index contributed by atoms with van der Waals surface area (Å²) in [5.74, 6) is 0.573. The van der Waals surface area contributed by atoms with Gasteiger partial charge in [-0.05, 0) is 5.92 Å². The van der Waals surface area contributed by atoms with Crippen LogP contribution in [0.5, 0.6) is 0 Å². The van der Waals surface area contributed by atoms with Gasteiger partial charge in [0.15, 0.2) is 0 Å². The Morgan fingerprint density at radius 3 is 2.50 bits per heavy atom. The maximum Gasteiger partial charge on any atom is 0.0987 e. The van der Waals surface area contributed by atoms with Crippen molar-refractivity contribution < 1.29 is 5.11 Å². The van der Waals surface area contributed by atoms with Crippen LogP contribution >= 0.6 is 0 Å². The van der Waals surface area contributed by atoms with E-state index in [-0.39, 0.29) is 0 Å². The monoisotopic (exact) mass is 167 g/mol. The summed E-state index contributed by atoms with van der Waals surface area (Å²) in [6, 6.07) is 0. The Kier molecular flexibility index (Phi) is 2.58. The highest BCUT2D eigenvalue weighted by atomic mass is 16.3. The predicted octanol–water partition coefficient (Wildman–Crippen LogP) is 1.74. The van der Waals surface area contributed by atoms with Gasteiger partial charge >= 0.3 is 0 Å². The molecule has 1 unspecified atom stereocenters. The molecule has 1 aliphatic heterocycles. The predicted molar refractivity (Wildman–Crippen MR) is 50.4 cm³/mol. The lowest BCUT2D eigenvalue weighted by Crippen LogP contribution is -2.22. The van der Waals surface area contributed by atoms with Gasteiger partial charge in [0.05, 0.1) is 6.10 Å². The van der Waals surface area contributed by atoms with Crippen LogP contribution in [0.4, 0.5) is 0 Å². The molecule has 0 aliphatic carbocycles. The van der Waals surface area contributed by atoms with E-state index in [0.29, 0.717) is 12.3 Å². The Morgan fingerprint density at radius 2 is 2.17 bits per heavy atom. The third-order valence-electron chi connectivity index (χ3n) is 2.09. The van der Waals surface area contributed by atoms with Gasteiger partial charge in [0.2, 0.25) is 0 Å². The molecule has 1 aliphatic rings. The maximum absolute atomic E-state index is 9.45. The topological polar surface area (TPSA) is 23.5 Å². The summed E-state index contributed by atoms with van der Waals surface area (Å²) >= 11 is 0. The quantitative estimate of drug-likeness (QED) is 0.677. The molecule has 1 fully saturated rings. The van der Waals surface area contributed by atoms with Gasteiger partial charge in [0.25, 0.3) is 0 Å². The highest BCUT2D eigenvalue weighted by Crippen LogP contribution is 2.28. The third-order valence-corrected chi connectivity index (χ3v) is 2.09. The minimum Gasteiger partial charge on any atom is -0.387 e. The molecular weight excluding hydrogens is 150 g/mol. The zero-order chi connectivity index (χ0) is 9.30. The van der Waals surface area contributed by atoms with E-state index >= 15 is 0 Å². The molecule has 1 saturated heterocycles. The van der Waals surface area contributed by atoms with Crippen LogP contribution in [0.1, 0.15) is 20.3 Å². The average molecular weight is 167 g/mol. The van der Waals surface area contributed by atoms with Crippen LogP contribution in [0, 0.1) is 5.92 Å². The number of hydrogen-bond donors (Lipinski definition) is 1. The normalized spacial score (nSPS) is 24.3. The number of likely N-dealkylation sites (tertiary alicyclic amines) is 1. The van der Waals surface area contributed by atoms with Crippen molar-refractivity contribution in [3.63, 3.8) is 0 Å². The van der Waals surface area contributed by atoms with Crippen molar-refractivity contribution in [2.75, 3.05) is 6.54 Å². The molecule has 0 saturated carbocycles. The van der Waals surface area contributed by atoms with Crippen LogP contribution in [0.25, 0.3) is 0 Å². The fraction of sp³-hybridized carbons (Fsp3) is 0.600. The van der Waals surface area contributed by atoms with Gasteiger partial charge < -0.3 is 10.0 Å².